The molecule has 0 unspecified atom stereocenters. The van der Waals surface area contributed by atoms with Crippen LogP contribution in [0.5, 0.6) is 0 Å². The fourth-order valence-electron chi connectivity index (χ4n) is 0.575. The molecule has 0 aromatic carbocycles. The molecular weight excluding hydrogens is 153 g/mol. The van der Waals surface area contributed by atoms with Crippen LogP contribution in [0.4, 0.5) is 0 Å². The number of rotatable bonds is 2. The number of ketones is 1. The SMILES string of the molecule is CC(=O)[CH2][Ga]([CH3])[CH3].[H-].[Li+]. The minimum Gasteiger partial charge on any atom is -1.00 e. The first-order valence-corrected chi connectivity index (χ1v) is 9.18. The summed E-state index contributed by atoms with van der Waals surface area (Å²) in [7, 11) is 0. The molecule has 0 N–H and O–H groups in total. The molecule has 0 bridgehead atoms. The quantitative estimate of drug-likeness (QED) is 0.452. The first kappa shape index (κ1) is 11.7. The van der Waals surface area contributed by atoms with Crippen molar-refractivity contribution in [1.82, 2.24) is 0 Å². The zero-order chi connectivity index (χ0) is 5.86. The van der Waals surface area contributed by atoms with Crippen molar-refractivity contribution in [3.63, 3.8) is 0 Å². The van der Waals surface area contributed by atoms with Gasteiger partial charge in [-0.3, -0.25) is 0 Å². The number of Topliss-reactive ketones (excluding diaryl/α,β-unsaturated/α-hetero) is 1. The summed E-state index contributed by atoms with van der Waals surface area (Å²) in [5, 5.41) is 0. The largest absolute Gasteiger partial charge is 1.00 e. The van der Waals surface area contributed by atoms with E-state index in [1.54, 1.807) is 6.92 Å². The molecule has 0 rings (SSSR count). The molecule has 0 aliphatic carbocycles. The summed E-state index contributed by atoms with van der Waals surface area (Å²) in [6.07, 6.45) is 0. The summed E-state index contributed by atoms with van der Waals surface area (Å²) in [5.74, 6) is 0.370. The minimum absolute atomic E-state index is 0. The van der Waals surface area contributed by atoms with Gasteiger partial charge in [-0.25, -0.2) is 0 Å². The molecule has 8 heavy (non-hydrogen) atoms. The molecule has 0 aliphatic heterocycles. The van der Waals surface area contributed by atoms with Crippen LogP contribution in [-0.2, 0) is 4.79 Å². The van der Waals surface area contributed by atoms with Crippen molar-refractivity contribution >= 4 is 22.0 Å². The Hall–Kier alpha value is 0.904. The van der Waals surface area contributed by atoms with Gasteiger partial charge in [0.1, 0.15) is 0 Å². The maximum atomic E-state index is 10.3. The monoisotopic (exact) mass is 164 g/mol. The van der Waals surface area contributed by atoms with Gasteiger partial charge in [0.2, 0.25) is 0 Å². The van der Waals surface area contributed by atoms with E-state index in [0.29, 0.717) is 5.78 Å². The van der Waals surface area contributed by atoms with E-state index in [1.807, 2.05) is 0 Å². The van der Waals surface area contributed by atoms with E-state index in [4.69, 9.17) is 0 Å². The van der Waals surface area contributed by atoms with E-state index in [1.165, 1.54) is 0 Å². The van der Waals surface area contributed by atoms with E-state index in [-0.39, 0.29) is 20.3 Å². The molecule has 0 amide bonds. The molecule has 0 fully saturated rings. The first-order chi connectivity index (χ1) is 3.13. The normalized spacial score (nSPS) is 7.38. The van der Waals surface area contributed by atoms with Gasteiger partial charge in [0.25, 0.3) is 0 Å². The number of carbonyl (C=O) groups excluding carboxylic acids is 1. The third-order valence-corrected chi connectivity index (χ3v) is 3.61. The predicted octanol–water partition coefficient (Wildman–Crippen LogP) is -1.55. The molecule has 0 spiro atoms. The Balaban J connectivity index is -0.000000180. The van der Waals surface area contributed by atoms with Crippen LogP contribution in [0.1, 0.15) is 8.35 Å². The second kappa shape index (κ2) is 6.03. The Morgan fingerprint density at radius 2 is 2.00 bits per heavy atom. The van der Waals surface area contributed by atoms with E-state index in [0.717, 1.165) is 4.98 Å². The maximum Gasteiger partial charge on any atom is 1.00 e. The van der Waals surface area contributed by atoms with Crippen LogP contribution >= 0.6 is 0 Å². The molecule has 3 heteroatoms. The summed E-state index contributed by atoms with van der Waals surface area (Å²) in [5.41, 5.74) is 4.46. The van der Waals surface area contributed by atoms with Crippen molar-refractivity contribution < 1.29 is 25.1 Å². The summed E-state index contributed by atoms with van der Waals surface area (Å²) in [6, 6.07) is 0. The molecule has 0 aromatic heterocycles. The van der Waals surface area contributed by atoms with Crippen molar-refractivity contribution in [3.05, 3.63) is 0 Å². The maximum absolute atomic E-state index is 10.3. The van der Waals surface area contributed by atoms with Gasteiger partial charge in [0.15, 0.2) is 0 Å². The summed E-state index contributed by atoms with van der Waals surface area (Å²) >= 11 is -0.964. The fourth-order valence-corrected chi connectivity index (χ4v) is 2.99. The molecule has 1 nitrogen and oxygen atoms in total. The van der Waals surface area contributed by atoms with Crippen LogP contribution in [0.2, 0.25) is 15.9 Å². The summed E-state index contributed by atoms with van der Waals surface area (Å²) in [4.78, 5) is 11.2. The first-order valence-electron chi connectivity index (χ1n) is 2.62. The smallest absolute Gasteiger partial charge is 1.00 e. The second-order valence-corrected chi connectivity index (χ2v) is 9.01. The Morgan fingerprint density at radius 1 is 1.62 bits per heavy atom. The Bertz CT molecular complexity index is 77.4. The van der Waals surface area contributed by atoms with Gasteiger partial charge >= 0.3 is 68.5 Å². The molecule has 0 saturated carbocycles. The number of carbonyl (C=O) groups is 1. The Kier molecular flexibility index (Phi) is 8.80. The molecule has 42 valence electrons. The third-order valence-electron chi connectivity index (χ3n) is 0.696. The van der Waals surface area contributed by atoms with E-state index in [9.17, 15) is 4.79 Å². The molecular formula is C5H12GaLiO. The average Bonchev–Trinajstić information content (AvgIpc) is 1.27. The van der Waals surface area contributed by atoms with Crippen molar-refractivity contribution in [1.29, 1.82) is 0 Å². The van der Waals surface area contributed by atoms with Crippen LogP contribution in [0.15, 0.2) is 0 Å². The standard InChI is InChI=1S/C3H5O.2CH3.Ga.Li.H/c1-3(2)4;;;;;/h1H2,2H3;2*1H3;;;/q;;;;+1;-1. The van der Waals surface area contributed by atoms with Crippen molar-refractivity contribution in [3.8, 4) is 0 Å². The van der Waals surface area contributed by atoms with E-state index >= 15 is 0 Å². The number of hydrogen-bond donors (Lipinski definition) is 0. The van der Waals surface area contributed by atoms with Crippen LogP contribution in [0.3, 0.4) is 0 Å². The fraction of sp³-hybridized carbons (Fsp3) is 0.800. The zero-order valence-corrected chi connectivity index (χ0v) is 8.62. The summed E-state index contributed by atoms with van der Waals surface area (Å²) in [6.45, 7) is 1.67. The van der Waals surface area contributed by atoms with Gasteiger partial charge in [0, 0.05) is 0 Å². The topological polar surface area (TPSA) is 17.1 Å². The van der Waals surface area contributed by atoms with E-state index in [2.05, 4.69) is 11.0 Å². The zero-order valence-electron chi connectivity index (χ0n) is 7.19. The predicted molar refractivity (Wildman–Crippen MR) is 34.1 cm³/mol. The van der Waals surface area contributed by atoms with Gasteiger partial charge < -0.3 is 1.43 Å². The molecule has 0 heterocycles. The van der Waals surface area contributed by atoms with Gasteiger partial charge in [-0.2, -0.15) is 0 Å². The van der Waals surface area contributed by atoms with Gasteiger partial charge in [-0.05, 0) is 0 Å². The Morgan fingerprint density at radius 3 is 2.00 bits per heavy atom. The molecule has 0 atom stereocenters. The average molecular weight is 165 g/mol. The third kappa shape index (κ3) is 10.0. The van der Waals surface area contributed by atoms with Gasteiger partial charge in [-0.15, -0.1) is 0 Å². The van der Waals surface area contributed by atoms with Gasteiger partial charge in [0.05, 0.1) is 0 Å². The van der Waals surface area contributed by atoms with Crippen LogP contribution in [-0.4, -0.2) is 22.0 Å². The molecule has 0 radical (unpaired) electrons. The van der Waals surface area contributed by atoms with E-state index < -0.39 is 16.2 Å². The number of hydrogen-bond acceptors (Lipinski definition) is 1. The van der Waals surface area contributed by atoms with Crippen molar-refractivity contribution in [2.24, 2.45) is 0 Å². The molecule has 0 saturated heterocycles. The second-order valence-electron chi connectivity index (χ2n) is 2.30. The van der Waals surface area contributed by atoms with Gasteiger partial charge in [-0.1, -0.05) is 0 Å². The molecule has 0 aliphatic rings. The minimum atomic E-state index is -0.964. The molecule has 0 aromatic rings. The van der Waals surface area contributed by atoms with Crippen LogP contribution < -0.4 is 18.9 Å². The van der Waals surface area contributed by atoms with Crippen molar-refractivity contribution in [2.75, 3.05) is 0 Å². The van der Waals surface area contributed by atoms with Crippen molar-refractivity contribution in [2.45, 2.75) is 22.9 Å². The van der Waals surface area contributed by atoms with Crippen LogP contribution in [0, 0.1) is 0 Å². The summed E-state index contributed by atoms with van der Waals surface area (Å²) < 4.78 is 0. The van der Waals surface area contributed by atoms with Crippen LogP contribution in [0.25, 0.3) is 0 Å². The Labute approximate surface area is 69.9 Å².